The molecule has 0 aromatic carbocycles. The van der Waals surface area contributed by atoms with Crippen LogP contribution in [0.2, 0.25) is 0 Å². The van der Waals surface area contributed by atoms with Gasteiger partial charge in [0.1, 0.15) is 0 Å². The predicted octanol–water partition coefficient (Wildman–Crippen LogP) is 3.09. The molecule has 1 nitrogen and oxygen atoms in total. The van der Waals surface area contributed by atoms with Gasteiger partial charge in [0, 0.05) is 11.3 Å². The standard InChI is InChI=1S/C9H12ClNS/c10-6-9(2-1-3-9)4-8-5-12-7-11-8/h5,7H,1-4,6H2. The maximum Gasteiger partial charge on any atom is 0.0794 e. The summed E-state index contributed by atoms with van der Waals surface area (Å²) in [7, 11) is 0. The number of alkyl halides is 1. The normalized spacial score (nSPS) is 20.4. The van der Waals surface area contributed by atoms with E-state index < -0.39 is 0 Å². The molecule has 0 radical (unpaired) electrons. The third-order valence-corrected chi connectivity index (χ3v) is 3.94. The van der Waals surface area contributed by atoms with Gasteiger partial charge in [-0.25, -0.2) is 4.98 Å². The van der Waals surface area contributed by atoms with E-state index in [0.717, 1.165) is 12.3 Å². The molecule has 0 spiro atoms. The summed E-state index contributed by atoms with van der Waals surface area (Å²) < 4.78 is 0. The van der Waals surface area contributed by atoms with Crippen LogP contribution in [0.3, 0.4) is 0 Å². The molecule has 1 aromatic heterocycles. The van der Waals surface area contributed by atoms with Crippen molar-refractivity contribution < 1.29 is 0 Å². The molecule has 1 saturated carbocycles. The summed E-state index contributed by atoms with van der Waals surface area (Å²) in [4.78, 5) is 4.29. The zero-order chi connectivity index (χ0) is 8.44. The molecule has 1 heterocycles. The van der Waals surface area contributed by atoms with Gasteiger partial charge in [-0.1, -0.05) is 6.42 Å². The first-order valence-corrected chi connectivity index (χ1v) is 5.75. The maximum absolute atomic E-state index is 5.95. The Hall–Kier alpha value is -0.0800. The predicted molar refractivity (Wildman–Crippen MR) is 52.8 cm³/mol. The molecule has 1 aliphatic rings. The minimum absolute atomic E-state index is 0.398. The van der Waals surface area contributed by atoms with Crippen molar-refractivity contribution in [3.63, 3.8) is 0 Å². The van der Waals surface area contributed by atoms with Crippen molar-refractivity contribution in [3.8, 4) is 0 Å². The number of hydrogen-bond donors (Lipinski definition) is 0. The second-order valence-corrected chi connectivity index (χ2v) is 4.63. The van der Waals surface area contributed by atoms with Crippen LogP contribution in [0.15, 0.2) is 10.9 Å². The lowest BCUT2D eigenvalue weighted by Crippen LogP contribution is -2.33. The molecule has 0 unspecified atom stereocenters. The fourth-order valence-corrected chi connectivity index (χ4v) is 2.66. The van der Waals surface area contributed by atoms with Crippen LogP contribution in [0.5, 0.6) is 0 Å². The molecular weight excluding hydrogens is 190 g/mol. The van der Waals surface area contributed by atoms with E-state index >= 15 is 0 Å². The van der Waals surface area contributed by atoms with Crippen molar-refractivity contribution in [2.75, 3.05) is 5.88 Å². The van der Waals surface area contributed by atoms with Crippen LogP contribution in [0, 0.1) is 5.41 Å². The number of nitrogens with zero attached hydrogens (tertiary/aromatic N) is 1. The molecule has 1 fully saturated rings. The highest BCUT2D eigenvalue weighted by Crippen LogP contribution is 2.44. The highest BCUT2D eigenvalue weighted by atomic mass is 35.5. The summed E-state index contributed by atoms with van der Waals surface area (Å²) in [5, 5.41) is 2.13. The molecule has 1 aromatic rings. The van der Waals surface area contributed by atoms with Crippen LogP contribution < -0.4 is 0 Å². The molecule has 0 amide bonds. The number of thiazole rings is 1. The molecule has 1 aliphatic carbocycles. The third-order valence-electron chi connectivity index (χ3n) is 2.74. The van der Waals surface area contributed by atoms with Gasteiger partial charge in [-0.3, -0.25) is 0 Å². The molecule has 12 heavy (non-hydrogen) atoms. The molecule has 2 rings (SSSR count). The molecule has 0 atom stereocenters. The Morgan fingerprint density at radius 3 is 2.83 bits per heavy atom. The van der Waals surface area contributed by atoms with Crippen molar-refractivity contribution in [1.82, 2.24) is 4.98 Å². The minimum Gasteiger partial charge on any atom is -0.250 e. The fourth-order valence-electron chi connectivity index (χ4n) is 1.74. The van der Waals surface area contributed by atoms with Gasteiger partial charge in [0.2, 0.25) is 0 Å². The number of rotatable bonds is 3. The van der Waals surface area contributed by atoms with Crippen LogP contribution in [0.25, 0.3) is 0 Å². The Labute approximate surface area is 81.8 Å². The average molecular weight is 202 g/mol. The molecule has 0 aliphatic heterocycles. The van der Waals surface area contributed by atoms with E-state index in [1.165, 1.54) is 25.0 Å². The summed E-state index contributed by atoms with van der Waals surface area (Å²) in [6.45, 7) is 0. The minimum atomic E-state index is 0.398. The topological polar surface area (TPSA) is 12.9 Å². The zero-order valence-electron chi connectivity index (χ0n) is 6.92. The van der Waals surface area contributed by atoms with Gasteiger partial charge in [-0.2, -0.15) is 0 Å². The number of aromatic nitrogens is 1. The van der Waals surface area contributed by atoms with E-state index in [1.807, 2.05) is 5.51 Å². The van der Waals surface area contributed by atoms with E-state index in [1.54, 1.807) is 11.3 Å². The fraction of sp³-hybridized carbons (Fsp3) is 0.667. The van der Waals surface area contributed by atoms with Crippen molar-refractivity contribution in [1.29, 1.82) is 0 Å². The second kappa shape index (κ2) is 3.35. The van der Waals surface area contributed by atoms with Crippen LogP contribution in [-0.4, -0.2) is 10.9 Å². The number of halogens is 1. The van der Waals surface area contributed by atoms with Gasteiger partial charge >= 0.3 is 0 Å². The lowest BCUT2D eigenvalue weighted by Gasteiger charge is -2.39. The monoisotopic (exact) mass is 201 g/mol. The Bertz CT molecular complexity index is 236. The second-order valence-electron chi connectivity index (χ2n) is 3.64. The van der Waals surface area contributed by atoms with Gasteiger partial charge < -0.3 is 0 Å². The van der Waals surface area contributed by atoms with E-state index in [0.29, 0.717) is 5.41 Å². The molecule has 0 saturated heterocycles. The van der Waals surface area contributed by atoms with Crippen molar-refractivity contribution >= 4 is 22.9 Å². The lowest BCUT2D eigenvalue weighted by molar-refractivity contribution is 0.164. The molecule has 3 heteroatoms. The van der Waals surface area contributed by atoms with Gasteiger partial charge in [0.05, 0.1) is 11.2 Å². The van der Waals surface area contributed by atoms with E-state index in [2.05, 4.69) is 10.4 Å². The summed E-state index contributed by atoms with van der Waals surface area (Å²) >= 11 is 7.62. The van der Waals surface area contributed by atoms with Gasteiger partial charge in [0.15, 0.2) is 0 Å². The first-order chi connectivity index (χ1) is 5.85. The lowest BCUT2D eigenvalue weighted by atomic mass is 9.67. The van der Waals surface area contributed by atoms with Crippen molar-refractivity contribution in [3.05, 3.63) is 16.6 Å². The third kappa shape index (κ3) is 1.50. The van der Waals surface area contributed by atoms with Gasteiger partial charge in [0.25, 0.3) is 0 Å². The molecule has 0 N–H and O–H groups in total. The Balaban J connectivity index is 2.01. The summed E-state index contributed by atoms with van der Waals surface area (Å²) in [6.07, 6.45) is 5.00. The Morgan fingerprint density at radius 2 is 2.42 bits per heavy atom. The number of hydrogen-bond acceptors (Lipinski definition) is 2. The quantitative estimate of drug-likeness (QED) is 0.685. The molecule has 0 bridgehead atoms. The van der Waals surface area contributed by atoms with Gasteiger partial charge in [-0.05, 0) is 24.7 Å². The SMILES string of the molecule is ClCC1(Cc2cscn2)CCC1. The van der Waals surface area contributed by atoms with Crippen LogP contribution in [0.1, 0.15) is 25.0 Å². The Kier molecular flexibility index (Phi) is 2.37. The van der Waals surface area contributed by atoms with E-state index in [9.17, 15) is 0 Å². The largest absolute Gasteiger partial charge is 0.250 e. The smallest absolute Gasteiger partial charge is 0.0794 e. The zero-order valence-corrected chi connectivity index (χ0v) is 8.50. The summed E-state index contributed by atoms with van der Waals surface area (Å²) in [5.74, 6) is 0.796. The van der Waals surface area contributed by atoms with Crippen molar-refractivity contribution in [2.24, 2.45) is 5.41 Å². The highest BCUT2D eigenvalue weighted by molar-refractivity contribution is 7.07. The van der Waals surface area contributed by atoms with Crippen LogP contribution in [-0.2, 0) is 6.42 Å². The highest BCUT2D eigenvalue weighted by Gasteiger charge is 2.36. The van der Waals surface area contributed by atoms with Crippen molar-refractivity contribution in [2.45, 2.75) is 25.7 Å². The van der Waals surface area contributed by atoms with E-state index in [-0.39, 0.29) is 0 Å². The maximum atomic E-state index is 5.95. The molecule has 66 valence electrons. The van der Waals surface area contributed by atoms with E-state index in [4.69, 9.17) is 11.6 Å². The Morgan fingerprint density at radius 1 is 1.58 bits per heavy atom. The first kappa shape index (κ1) is 8.52. The average Bonchev–Trinajstić information content (AvgIpc) is 2.49. The summed E-state index contributed by atoms with van der Waals surface area (Å²) in [5.41, 5.74) is 3.52. The van der Waals surface area contributed by atoms with Crippen LogP contribution >= 0.6 is 22.9 Å². The molecular formula is C9H12ClNS. The summed E-state index contributed by atoms with van der Waals surface area (Å²) in [6, 6.07) is 0. The first-order valence-electron chi connectivity index (χ1n) is 4.28. The van der Waals surface area contributed by atoms with Crippen LogP contribution in [0.4, 0.5) is 0 Å². The van der Waals surface area contributed by atoms with Gasteiger partial charge in [-0.15, -0.1) is 22.9 Å².